The number of nitrogens with zero attached hydrogens (tertiary/aromatic N) is 2. The van der Waals surface area contributed by atoms with Crippen LogP contribution < -0.4 is 5.32 Å². The first-order valence-corrected chi connectivity index (χ1v) is 5.74. The van der Waals surface area contributed by atoms with Gasteiger partial charge in [-0.3, -0.25) is 4.68 Å². The molecule has 0 saturated heterocycles. The second kappa shape index (κ2) is 5.18. The highest BCUT2D eigenvalue weighted by molar-refractivity contribution is 5.33. The van der Waals surface area contributed by atoms with E-state index >= 15 is 0 Å². The molecule has 0 unspecified atom stereocenters. The second-order valence-electron chi connectivity index (χ2n) is 4.26. The highest BCUT2D eigenvalue weighted by atomic mass is 19.1. The predicted octanol–water partition coefficient (Wildman–Crippen LogP) is 1.86. The molecule has 5 heteroatoms. The average Bonchev–Trinajstić information content (AvgIpc) is 2.63. The lowest BCUT2D eigenvalue weighted by atomic mass is 10.2. The standard InChI is InChI=1S/C13H16FN3O/c1-9-11(8-17(2)16-9)7-15-6-10-4-3-5-12(14)13(10)18/h3-5,8,15,18H,6-7H2,1-2H3. The van der Waals surface area contributed by atoms with Gasteiger partial charge in [0.2, 0.25) is 0 Å². The lowest BCUT2D eigenvalue weighted by molar-refractivity contribution is 0.423. The van der Waals surface area contributed by atoms with Crippen molar-refractivity contribution in [3.63, 3.8) is 0 Å². The third-order valence-electron chi connectivity index (χ3n) is 2.82. The molecule has 2 N–H and O–H groups in total. The van der Waals surface area contributed by atoms with Gasteiger partial charge in [-0.25, -0.2) is 4.39 Å². The Hall–Kier alpha value is -1.88. The smallest absolute Gasteiger partial charge is 0.165 e. The van der Waals surface area contributed by atoms with Gasteiger partial charge in [-0.2, -0.15) is 5.10 Å². The van der Waals surface area contributed by atoms with Crippen LogP contribution in [0.5, 0.6) is 5.75 Å². The number of phenolic OH excluding ortho intramolecular Hbond substituents is 1. The molecule has 0 spiro atoms. The first-order valence-electron chi connectivity index (χ1n) is 5.74. The summed E-state index contributed by atoms with van der Waals surface area (Å²) in [5.74, 6) is -0.875. The van der Waals surface area contributed by atoms with Crippen LogP contribution in [0.1, 0.15) is 16.8 Å². The Bertz CT molecular complexity index is 551. The van der Waals surface area contributed by atoms with Gasteiger partial charge in [0.15, 0.2) is 11.6 Å². The highest BCUT2D eigenvalue weighted by Gasteiger charge is 2.07. The number of aryl methyl sites for hydroxylation is 2. The van der Waals surface area contributed by atoms with Gasteiger partial charge in [0.05, 0.1) is 5.69 Å². The van der Waals surface area contributed by atoms with Crippen LogP contribution in [0.25, 0.3) is 0 Å². The van der Waals surface area contributed by atoms with Gasteiger partial charge < -0.3 is 10.4 Å². The minimum absolute atomic E-state index is 0.284. The molecule has 0 atom stereocenters. The molecule has 0 fully saturated rings. The zero-order valence-corrected chi connectivity index (χ0v) is 10.4. The number of aromatic nitrogens is 2. The molecule has 4 nitrogen and oxygen atoms in total. The number of hydrogen-bond donors (Lipinski definition) is 2. The summed E-state index contributed by atoms with van der Waals surface area (Å²) >= 11 is 0. The lowest BCUT2D eigenvalue weighted by Crippen LogP contribution is -2.13. The minimum atomic E-state index is -0.591. The molecule has 0 aliphatic carbocycles. The fourth-order valence-corrected chi connectivity index (χ4v) is 1.86. The zero-order valence-electron chi connectivity index (χ0n) is 10.4. The Kier molecular flexibility index (Phi) is 3.62. The number of nitrogens with one attached hydrogen (secondary N) is 1. The van der Waals surface area contributed by atoms with E-state index in [2.05, 4.69) is 10.4 Å². The lowest BCUT2D eigenvalue weighted by Gasteiger charge is -2.06. The minimum Gasteiger partial charge on any atom is -0.505 e. The Balaban J connectivity index is 1.96. The number of para-hydroxylation sites is 1. The van der Waals surface area contributed by atoms with Crippen LogP contribution in [0, 0.1) is 12.7 Å². The molecule has 0 aliphatic heterocycles. The molecule has 18 heavy (non-hydrogen) atoms. The summed E-state index contributed by atoms with van der Waals surface area (Å²) in [6, 6.07) is 4.52. The van der Waals surface area contributed by atoms with E-state index in [1.165, 1.54) is 6.07 Å². The van der Waals surface area contributed by atoms with Gasteiger partial charge in [-0.05, 0) is 13.0 Å². The molecule has 0 aliphatic rings. The maximum absolute atomic E-state index is 13.1. The Morgan fingerprint density at radius 1 is 1.33 bits per heavy atom. The summed E-state index contributed by atoms with van der Waals surface area (Å²) < 4.78 is 14.9. The monoisotopic (exact) mass is 249 g/mol. The van der Waals surface area contributed by atoms with Crippen molar-refractivity contribution < 1.29 is 9.50 Å². The largest absolute Gasteiger partial charge is 0.505 e. The summed E-state index contributed by atoms with van der Waals surface area (Å²) in [6.07, 6.45) is 1.94. The van der Waals surface area contributed by atoms with Gasteiger partial charge in [-0.1, -0.05) is 12.1 Å². The topological polar surface area (TPSA) is 50.1 Å². The van der Waals surface area contributed by atoms with Crippen molar-refractivity contribution in [3.8, 4) is 5.75 Å². The summed E-state index contributed by atoms with van der Waals surface area (Å²) in [5.41, 5.74) is 2.61. The number of hydrogen-bond acceptors (Lipinski definition) is 3. The Labute approximate surface area is 105 Å². The molecule has 2 aromatic rings. The molecule has 96 valence electrons. The maximum Gasteiger partial charge on any atom is 0.165 e. The second-order valence-corrected chi connectivity index (χ2v) is 4.26. The number of rotatable bonds is 4. The van der Waals surface area contributed by atoms with Gasteiger partial charge in [0, 0.05) is 37.5 Å². The van der Waals surface area contributed by atoms with Crippen molar-refractivity contribution in [1.82, 2.24) is 15.1 Å². The highest BCUT2D eigenvalue weighted by Crippen LogP contribution is 2.20. The van der Waals surface area contributed by atoms with Crippen molar-refractivity contribution in [3.05, 3.63) is 47.0 Å². The number of aromatic hydroxyl groups is 1. The fourth-order valence-electron chi connectivity index (χ4n) is 1.86. The number of phenols is 1. The van der Waals surface area contributed by atoms with E-state index in [1.807, 2.05) is 20.2 Å². The molecular formula is C13H16FN3O. The van der Waals surface area contributed by atoms with E-state index in [1.54, 1.807) is 16.8 Å². The summed E-state index contributed by atoms with van der Waals surface area (Å²) in [6.45, 7) is 2.99. The fraction of sp³-hybridized carbons (Fsp3) is 0.308. The van der Waals surface area contributed by atoms with E-state index in [9.17, 15) is 9.50 Å². The van der Waals surface area contributed by atoms with Crippen LogP contribution in [0.15, 0.2) is 24.4 Å². The molecule has 0 amide bonds. The van der Waals surface area contributed by atoms with E-state index < -0.39 is 5.82 Å². The van der Waals surface area contributed by atoms with Gasteiger partial charge >= 0.3 is 0 Å². The Morgan fingerprint density at radius 3 is 2.72 bits per heavy atom. The van der Waals surface area contributed by atoms with Gasteiger partial charge in [0.1, 0.15) is 0 Å². The van der Waals surface area contributed by atoms with E-state index in [0.29, 0.717) is 18.7 Å². The summed E-state index contributed by atoms with van der Waals surface area (Å²) in [4.78, 5) is 0. The third-order valence-corrected chi connectivity index (χ3v) is 2.82. The molecular weight excluding hydrogens is 233 g/mol. The molecule has 0 radical (unpaired) electrons. The van der Waals surface area contributed by atoms with Crippen LogP contribution in [-0.2, 0) is 20.1 Å². The van der Waals surface area contributed by atoms with E-state index in [0.717, 1.165) is 11.3 Å². The maximum atomic E-state index is 13.1. The van der Waals surface area contributed by atoms with Gasteiger partial charge in [0.25, 0.3) is 0 Å². The summed E-state index contributed by atoms with van der Waals surface area (Å²) in [5, 5.41) is 16.9. The van der Waals surface area contributed by atoms with Crippen molar-refractivity contribution in [1.29, 1.82) is 0 Å². The molecule has 1 heterocycles. The normalized spacial score (nSPS) is 10.8. The van der Waals surface area contributed by atoms with Crippen molar-refractivity contribution in [2.75, 3.05) is 0 Å². The van der Waals surface area contributed by atoms with E-state index in [-0.39, 0.29) is 5.75 Å². The third kappa shape index (κ3) is 2.68. The molecule has 0 bridgehead atoms. The van der Waals surface area contributed by atoms with Gasteiger partial charge in [-0.15, -0.1) is 0 Å². The molecule has 1 aromatic carbocycles. The first-order chi connectivity index (χ1) is 8.58. The van der Waals surface area contributed by atoms with Crippen molar-refractivity contribution >= 4 is 0 Å². The van der Waals surface area contributed by atoms with Crippen molar-refractivity contribution in [2.24, 2.45) is 7.05 Å². The van der Waals surface area contributed by atoms with Crippen LogP contribution in [0.2, 0.25) is 0 Å². The zero-order chi connectivity index (χ0) is 13.1. The molecule has 2 rings (SSSR count). The van der Waals surface area contributed by atoms with Crippen molar-refractivity contribution in [2.45, 2.75) is 20.0 Å². The Morgan fingerprint density at radius 2 is 2.06 bits per heavy atom. The van der Waals surface area contributed by atoms with Crippen LogP contribution in [0.4, 0.5) is 4.39 Å². The van der Waals surface area contributed by atoms with Crippen LogP contribution in [-0.4, -0.2) is 14.9 Å². The predicted molar refractivity (Wildman–Crippen MR) is 66.6 cm³/mol. The number of halogens is 1. The summed E-state index contributed by atoms with van der Waals surface area (Å²) in [7, 11) is 1.87. The quantitative estimate of drug-likeness (QED) is 0.869. The average molecular weight is 249 g/mol. The van der Waals surface area contributed by atoms with E-state index in [4.69, 9.17) is 0 Å². The molecule has 1 aromatic heterocycles. The number of benzene rings is 1. The molecule has 0 saturated carbocycles. The first kappa shape index (κ1) is 12.6. The SMILES string of the molecule is Cc1nn(C)cc1CNCc1cccc(F)c1O. The van der Waals surface area contributed by atoms with Crippen LogP contribution >= 0.6 is 0 Å². The van der Waals surface area contributed by atoms with Crippen LogP contribution in [0.3, 0.4) is 0 Å².